The third kappa shape index (κ3) is 13.3. The highest BCUT2D eigenvalue weighted by Gasteiger charge is 2.37. The summed E-state index contributed by atoms with van der Waals surface area (Å²) in [6.07, 6.45) is 5.92. The number of piperidine rings is 2. The van der Waals surface area contributed by atoms with Crippen LogP contribution in [0.15, 0.2) is 0 Å². The van der Waals surface area contributed by atoms with Crippen molar-refractivity contribution < 1.29 is 42.6 Å². The van der Waals surface area contributed by atoms with Gasteiger partial charge in [0.25, 0.3) is 11.8 Å². The maximum absolute atomic E-state index is 12.4. The molecule has 6 rings (SSSR count). The number of nitrogen functional groups attached to an aromatic ring is 2. The predicted octanol–water partition coefficient (Wildman–Crippen LogP) is 3.05. The van der Waals surface area contributed by atoms with E-state index < -0.39 is 17.4 Å². The number of carbonyl (C=O) groups excluding carboxylic acids is 3. The van der Waals surface area contributed by atoms with E-state index in [0.29, 0.717) is 55.9 Å². The van der Waals surface area contributed by atoms with Gasteiger partial charge < -0.3 is 57.1 Å². The number of rotatable bonds is 12. The summed E-state index contributed by atoms with van der Waals surface area (Å²) < 4.78 is 45.5. The molecular formula is C41H78Cl2N14O6. The Hall–Kier alpha value is -4.05. The molecule has 0 spiro atoms. The van der Waals surface area contributed by atoms with E-state index in [1.165, 1.54) is 12.8 Å². The first-order valence-corrected chi connectivity index (χ1v) is 23.0. The van der Waals surface area contributed by atoms with Crippen LogP contribution in [-0.2, 0) is 4.74 Å². The quantitative estimate of drug-likeness (QED) is 0.161. The number of hydrogen-bond donors (Lipinski definition) is 7. The topological polar surface area (TPSA) is 257 Å². The molecule has 63 heavy (non-hydrogen) atoms. The molecule has 3 amide bonds. The Morgan fingerprint density at radius 2 is 1.17 bits per heavy atom. The Balaban J connectivity index is 0.00000123. The van der Waals surface area contributed by atoms with Gasteiger partial charge in [0.1, 0.15) is 5.60 Å². The van der Waals surface area contributed by atoms with Crippen molar-refractivity contribution in [2.24, 2.45) is 0 Å². The van der Waals surface area contributed by atoms with Gasteiger partial charge in [-0.3, -0.25) is 19.4 Å². The SMILES string of the molecule is CC[C@H]1CN(c2nc(N)c(C(=O)NCCO)nc2Cl)CCN1C1CCN(C(=O)OC(C)(C)C)CC1.CC[C@H]1CN(c2nc(N)c(C(=O)NCCO)nc2Cl)CCN1C1CCNCC1.[2HH].[2H][2H].[2H][2H].[2H][2H].[2H][2H]. The van der Waals surface area contributed by atoms with Crippen LogP contribution in [0.3, 0.4) is 0 Å². The summed E-state index contributed by atoms with van der Waals surface area (Å²) in [7, 11) is 0. The van der Waals surface area contributed by atoms with Crippen molar-refractivity contribution in [2.75, 3.05) is 113 Å². The van der Waals surface area contributed by atoms with Gasteiger partial charge in [0.15, 0.2) is 45.0 Å². The van der Waals surface area contributed by atoms with Gasteiger partial charge in [-0.05, 0) is 72.4 Å². The average molecular weight is 943 g/mol. The number of nitrogens with two attached hydrogens (primary N) is 2. The molecule has 0 radical (unpaired) electrons. The van der Waals surface area contributed by atoms with E-state index in [1.54, 1.807) is 4.90 Å². The summed E-state index contributed by atoms with van der Waals surface area (Å²) in [5.41, 5.74) is 11.5. The van der Waals surface area contributed by atoms with Gasteiger partial charge in [0.2, 0.25) is 0 Å². The van der Waals surface area contributed by atoms with Crippen LogP contribution in [0.1, 0.15) is 107 Å². The lowest BCUT2D eigenvalue weighted by Crippen LogP contribution is -2.59. The molecule has 20 nitrogen and oxygen atoms in total. The van der Waals surface area contributed by atoms with Crippen molar-refractivity contribution in [1.82, 2.24) is 50.6 Å². The molecule has 9 N–H and O–H groups in total. The van der Waals surface area contributed by atoms with Gasteiger partial charge in [-0.1, -0.05) is 37.0 Å². The normalized spacial score (nSPS) is 21.3. The molecule has 6 heterocycles. The number of hydrogen-bond acceptors (Lipinski definition) is 17. The van der Waals surface area contributed by atoms with Gasteiger partial charge in [0, 0.05) is 103 Å². The molecule has 0 aromatic carbocycles. The smallest absolute Gasteiger partial charge is 0.410 e. The third-order valence-corrected chi connectivity index (χ3v) is 12.4. The second-order valence-electron chi connectivity index (χ2n) is 17.3. The van der Waals surface area contributed by atoms with Crippen LogP contribution in [0.2, 0.25) is 10.3 Å². The highest BCUT2D eigenvalue weighted by Crippen LogP contribution is 2.31. The van der Waals surface area contributed by atoms with Crippen LogP contribution in [-0.4, -0.2) is 184 Å². The van der Waals surface area contributed by atoms with E-state index >= 15 is 0 Å². The Bertz CT molecular complexity index is 1880. The third-order valence-electron chi connectivity index (χ3n) is 11.9. The summed E-state index contributed by atoms with van der Waals surface area (Å²) in [6, 6.07) is 1.72. The first-order valence-electron chi connectivity index (χ1n) is 26.2. The minimum atomic E-state index is -0.522. The molecule has 0 bridgehead atoms. The van der Waals surface area contributed by atoms with E-state index in [9.17, 15) is 14.4 Å². The van der Waals surface area contributed by atoms with Gasteiger partial charge in [-0.2, -0.15) is 0 Å². The van der Waals surface area contributed by atoms with Crippen molar-refractivity contribution in [2.45, 2.75) is 103 Å². The first kappa shape index (κ1) is 44.2. The van der Waals surface area contributed by atoms with Crippen molar-refractivity contribution >= 4 is 64.4 Å². The Morgan fingerprint density at radius 3 is 1.57 bits per heavy atom. The lowest BCUT2D eigenvalue weighted by Gasteiger charge is -2.47. The van der Waals surface area contributed by atoms with Crippen molar-refractivity contribution in [3.05, 3.63) is 21.7 Å². The second kappa shape index (κ2) is 23.2. The molecule has 362 valence electrons. The molecule has 2 aromatic rings. The molecule has 0 saturated carbocycles. The number of likely N-dealkylation sites (tertiary alicyclic amines) is 1. The number of aromatic nitrogens is 4. The Labute approximate surface area is 394 Å². The van der Waals surface area contributed by atoms with E-state index in [0.717, 1.165) is 65.0 Å². The average Bonchev–Trinajstić information content (AvgIpc) is 3.40. The monoisotopic (exact) mass is 942 g/mol. The van der Waals surface area contributed by atoms with E-state index in [-0.39, 0.29) is 73.2 Å². The van der Waals surface area contributed by atoms with Crippen molar-refractivity contribution in [3.8, 4) is 0 Å². The van der Waals surface area contributed by atoms with Gasteiger partial charge >= 0.3 is 6.09 Å². The summed E-state index contributed by atoms with van der Waals surface area (Å²) in [6.45, 7) is 18.2. The fraction of sp³-hybridized carbons (Fsp3) is 0.732. The highest BCUT2D eigenvalue weighted by atomic mass is 35.5. The minimum Gasteiger partial charge on any atom is -0.444 e. The number of anilines is 4. The first-order chi connectivity index (χ1) is 34.1. The van der Waals surface area contributed by atoms with Crippen molar-refractivity contribution in [3.63, 3.8) is 0 Å². The Morgan fingerprint density at radius 1 is 0.746 bits per heavy atom. The largest absolute Gasteiger partial charge is 0.444 e. The number of nitrogens with one attached hydrogen (secondary N) is 3. The molecule has 4 aliphatic heterocycles. The molecule has 0 unspecified atom stereocenters. The van der Waals surface area contributed by atoms with Gasteiger partial charge in [-0.25, -0.2) is 24.7 Å². The molecule has 22 heteroatoms. The standard InChI is InChI=1S/C23H38ClN7O4.C18H30ClN7O2.5H2/c1-5-15-14-30(20-18(24)27-17(19(25)28-20)21(33)26-8-13-32)11-12-31(15)16-6-9-29(10-7-16)22(34)35-23(2,3)4;1-2-12-11-25(8-9-26(12)13-3-5-21-6-4-13)17-15(19)23-14(16(20)24-17)18(28)22-7-10-27;;;;;/h15-16,32H,5-14H2,1-4H3,(H2,25,28)(H,26,33);12-13,21,27H,2-11H2,1H3,(H2,20,24)(H,22,28);5*1H/t15-;12-;;;;;/m00...../s1/i;;4*1+1D;1+1. The molecule has 0 aliphatic carbocycles. The molecule has 4 saturated heterocycles. The van der Waals surface area contributed by atoms with Crippen LogP contribution in [0.25, 0.3) is 0 Å². The molecule has 2 aromatic heterocycles. The van der Waals surface area contributed by atoms with Crippen molar-refractivity contribution in [1.29, 1.82) is 0 Å². The molecule has 4 aliphatic rings. The van der Waals surface area contributed by atoms with E-state index in [2.05, 4.69) is 69.3 Å². The van der Waals surface area contributed by atoms with Gasteiger partial charge in [-0.15, -0.1) is 0 Å². The number of nitrogens with zero attached hydrogens (tertiary/aromatic N) is 9. The number of halogens is 2. The number of piperazine rings is 2. The molecular weight excluding hydrogens is 855 g/mol. The van der Waals surface area contributed by atoms with Crippen LogP contribution >= 0.6 is 23.2 Å². The highest BCUT2D eigenvalue weighted by molar-refractivity contribution is 6.32. The number of amides is 3. The fourth-order valence-corrected chi connectivity index (χ4v) is 9.23. The maximum Gasteiger partial charge on any atom is 0.410 e. The Kier molecular flexibility index (Phi) is 16.3. The number of aliphatic hydroxyl groups excluding tert-OH is 2. The minimum absolute atomic E-state index is 0. The number of ether oxygens (including phenoxy) is 1. The van der Waals surface area contributed by atoms with E-state index in [1.807, 2.05) is 20.8 Å². The summed E-state index contributed by atoms with van der Waals surface area (Å²) in [4.78, 5) is 65.0. The maximum atomic E-state index is 12.4. The zero-order valence-corrected chi connectivity index (χ0v) is 38.9. The van der Waals surface area contributed by atoms with E-state index in [4.69, 9.17) is 61.5 Å². The van der Waals surface area contributed by atoms with Crippen LogP contribution in [0, 0.1) is 0 Å². The van der Waals surface area contributed by atoms with Gasteiger partial charge in [0.05, 0.1) is 13.2 Å². The van der Waals surface area contributed by atoms with Crippen LogP contribution in [0.5, 0.6) is 0 Å². The lowest BCUT2D eigenvalue weighted by molar-refractivity contribution is 0.00942. The lowest BCUT2D eigenvalue weighted by atomic mass is 9.98. The molecule has 2 atom stereocenters. The van der Waals surface area contributed by atoms with Crippen LogP contribution in [0.4, 0.5) is 28.1 Å². The van der Waals surface area contributed by atoms with Crippen LogP contribution < -0.4 is 37.2 Å². The number of carbonyl (C=O) groups is 3. The summed E-state index contributed by atoms with van der Waals surface area (Å²) in [5, 5.41) is 26.5. The zero-order chi connectivity index (χ0) is 53.8. The predicted molar refractivity (Wildman–Crippen MR) is 255 cm³/mol. The summed E-state index contributed by atoms with van der Waals surface area (Å²) in [5.74, 6) is 0.0386. The number of aliphatic hydroxyl groups is 2. The summed E-state index contributed by atoms with van der Waals surface area (Å²) >= 11 is 12.8. The second-order valence-corrected chi connectivity index (χ2v) is 18.0. The fourth-order valence-electron chi connectivity index (χ4n) is 8.74. The molecule has 4 fully saturated rings. The zero-order valence-electron chi connectivity index (χ0n) is 45.4.